The minimum Gasteiger partial charge on any atom is -0.422 e. The van der Waals surface area contributed by atoms with Crippen LogP contribution in [0.2, 0.25) is 0 Å². The average Bonchev–Trinajstić information content (AvgIpc) is 2.67. The SMILES string of the molecule is OB(O)c1ccnn1[C@@H]1CCCCO1. The van der Waals surface area contributed by atoms with Crippen molar-refractivity contribution in [2.24, 2.45) is 0 Å². The molecule has 2 heterocycles. The first-order valence-corrected chi connectivity index (χ1v) is 4.80. The van der Waals surface area contributed by atoms with Crippen LogP contribution in [0.25, 0.3) is 0 Å². The van der Waals surface area contributed by atoms with E-state index < -0.39 is 7.12 Å². The van der Waals surface area contributed by atoms with Gasteiger partial charge >= 0.3 is 7.12 Å². The lowest BCUT2D eigenvalue weighted by molar-refractivity contribution is -0.0379. The quantitative estimate of drug-likeness (QED) is 0.611. The highest BCUT2D eigenvalue weighted by Crippen LogP contribution is 2.20. The zero-order valence-electron chi connectivity index (χ0n) is 7.83. The predicted octanol–water partition coefficient (Wildman–Crippen LogP) is -0.738. The minimum absolute atomic E-state index is 0.143. The molecule has 1 aliphatic rings. The molecule has 0 amide bonds. The Morgan fingerprint density at radius 2 is 2.36 bits per heavy atom. The van der Waals surface area contributed by atoms with E-state index >= 15 is 0 Å². The number of rotatable bonds is 2. The Hall–Kier alpha value is -0.845. The Morgan fingerprint density at radius 1 is 1.50 bits per heavy atom. The number of hydrogen-bond acceptors (Lipinski definition) is 4. The highest BCUT2D eigenvalue weighted by molar-refractivity contribution is 6.57. The van der Waals surface area contributed by atoms with Gasteiger partial charge in [0.1, 0.15) is 6.23 Å². The third kappa shape index (κ3) is 1.82. The van der Waals surface area contributed by atoms with Crippen molar-refractivity contribution in [2.45, 2.75) is 25.5 Å². The van der Waals surface area contributed by atoms with E-state index in [0.29, 0.717) is 12.2 Å². The molecule has 1 saturated heterocycles. The van der Waals surface area contributed by atoms with Crippen LogP contribution >= 0.6 is 0 Å². The van der Waals surface area contributed by atoms with Crippen LogP contribution < -0.4 is 5.59 Å². The smallest absolute Gasteiger partial charge is 0.422 e. The van der Waals surface area contributed by atoms with E-state index in [9.17, 15) is 0 Å². The Labute approximate surface area is 82.5 Å². The molecular formula is C8H13BN2O3. The van der Waals surface area contributed by atoms with E-state index in [1.165, 1.54) is 0 Å². The third-order valence-electron chi connectivity index (χ3n) is 2.39. The number of hydrogen-bond donors (Lipinski definition) is 2. The van der Waals surface area contributed by atoms with Crippen LogP contribution in [0.5, 0.6) is 0 Å². The Morgan fingerprint density at radius 3 is 3.00 bits per heavy atom. The molecule has 76 valence electrons. The summed E-state index contributed by atoms with van der Waals surface area (Å²) in [5.41, 5.74) is 0.386. The highest BCUT2D eigenvalue weighted by atomic mass is 16.5. The Balaban J connectivity index is 2.17. The van der Waals surface area contributed by atoms with Crippen molar-refractivity contribution in [1.29, 1.82) is 0 Å². The molecule has 1 aliphatic heterocycles. The third-order valence-corrected chi connectivity index (χ3v) is 2.39. The van der Waals surface area contributed by atoms with Gasteiger partial charge in [-0.1, -0.05) is 0 Å². The molecule has 0 aliphatic carbocycles. The van der Waals surface area contributed by atoms with Crippen molar-refractivity contribution in [3.63, 3.8) is 0 Å². The summed E-state index contributed by atoms with van der Waals surface area (Å²) >= 11 is 0. The van der Waals surface area contributed by atoms with Crippen molar-refractivity contribution >= 4 is 12.7 Å². The second-order valence-corrected chi connectivity index (χ2v) is 3.40. The molecule has 0 aromatic carbocycles. The average molecular weight is 196 g/mol. The van der Waals surface area contributed by atoms with E-state index in [1.807, 2.05) is 0 Å². The second kappa shape index (κ2) is 4.12. The fourth-order valence-electron chi connectivity index (χ4n) is 1.69. The maximum absolute atomic E-state index is 9.06. The van der Waals surface area contributed by atoms with Gasteiger partial charge in [-0.15, -0.1) is 0 Å². The molecule has 1 aromatic heterocycles. The molecule has 0 bridgehead atoms. The lowest BCUT2D eigenvalue weighted by Crippen LogP contribution is -2.39. The summed E-state index contributed by atoms with van der Waals surface area (Å²) < 4.78 is 7.04. The summed E-state index contributed by atoms with van der Waals surface area (Å²) in [6.07, 6.45) is 4.43. The van der Waals surface area contributed by atoms with Crippen LogP contribution in [-0.4, -0.2) is 33.6 Å². The number of ether oxygens (including phenoxy) is 1. The van der Waals surface area contributed by atoms with Gasteiger partial charge in [0.15, 0.2) is 0 Å². The van der Waals surface area contributed by atoms with Crippen LogP contribution in [0.1, 0.15) is 25.5 Å². The second-order valence-electron chi connectivity index (χ2n) is 3.40. The Kier molecular flexibility index (Phi) is 2.86. The van der Waals surface area contributed by atoms with Gasteiger partial charge in [0.2, 0.25) is 0 Å². The summed E-state index contributed by atoms with van der Waals surface area (Å²) in [4.78, 5) is 0. The summed E-state index contributed by atoms with van der Waals surface area (Å²) in [6, 6.07) is 1.59. The fraction of sp³-hybridized carbons (Fsp3) is 0.625. The zero-order chi connectivity index (χ0) is 9.97. The van der Waals surface area contributed by atoms with Crippen molar-refractivity contribution < 1.29 is 14.8 Å². The van der Waals surface area contributed by atoms with Crippen molar-refractivity contribution in [3.8, 4) is 0 Å². The van der Waals surface area contributed by atoms with Crippen LogP contribution in [0, 0.1) is 0 Å². The van der Waals surface area contributed by atoms with E-state index in [4.69, 9.17) is 14.8 Å². The summed E-state index contributed by atoms with van der Waals surface area (Å²) in [7, 11) is -1.48. The highest BCUT2D eigenvalue weighted by Gasteiger charge is 2.23. The molecule has 1 aromatic rings. The molecule has 2 rings (SSSR count). The number of nitrogens with zero attached hydrogens (tertiary/aromatic N) is 2. The molecule has 1 fully saturated rings. The molecular weight excluding hydrogens is 183 g/mol. The van der Waals surface area contributed by atoms with E-state index in [1.54, 1.807) is 16.9 Å². The maximum atomic E-state index is 9.06. The van der Waals surface area contributed by atoms with Crippen LogP contribution in [-0.2, 0) is 4.74 Å². The normalized spacial score (nSPS) is 22.3. The van der Waals surface area contributed by atoms with Gasteiger partial charge in [0.05, 0.1) is 5.59 Å². The molecule has 14 heavy (non-hydrogen) atoms. The van der Waals surface area contributed by atoms with E-state index in [0.717, 1.165) is 19.3 Å². The lowest BCUT2D eigenvalue weighted by atomic mass is 9.86. The van der Waals surface area contributed by atoms with E-state index in [-0.39, 0.29) is 6.23 Å². The maximum Gasteiger partial charge on any atom is 0.507 e. The lowest BCUT2D eigenvalue weighted by Gasteiger charge is -2.24. The number of aromatic nitrogens is 2. The van der Waals surface area contributed by atoms with Crippen molar-refractivity contribution in [1.82, 2.24) is 9.78 Å². The van der Waals surface area contributed by atoms with Crippen molar-refractivity contribution in [2.75, 3.05) is 6.61 Å². The monoisotopic (exact) mass is 196 g/mol. The first-order chi connectivity index (χ1) is 6.79. The molecule has 0 spiro atoms. The summed E-state index contributed by atoms with van der Waals surface area (Å²) in [5.74, 6) is 0. The summed E-state index contributed by atoms with van der Waals surface area (Å²) in [5, 5.41) is 22.2. The van der Waals surface area contributed by atoms with Gasteiger partial charge in [-0.3, -0.25) is 0 Å². The first-order valence-electron chi connectivity index (χ1n) is 4.80. The van der Waals surface area contributed by atoms with Gasteiger partial charge in [-0.25, -0.2) is 4.68 Å². The van der Waals surface area contributed by atoms with Gasteiger partial charge in [0.25, 0.3) is 0 Å². The molecule has 0 saturated carbocycles. The van der Waals surface area contributed by atoms with Gasteiger partial charge in [-0.05, 0) is 25.3 Å². The fourth-order valence-corrected chi connectivity index (χ4v) is 1.69. The van der Waals surface area contributed by atoms with Crippen molar-refractivity contribution in [3.05, 3.63) is 12.3 Å². The summed E-state index contributed by atoms with van der Waals surface area (Å²) in [6.45, 7) is 0.714. The van der Waals surface area contributed by atoms with Gasteiger partial charge in [-0.2, -0.15) is 5.10 Å². The molecule has 0 radical (unpaired) electrons. The van der Waals surface area contributed by atoms with E-state index in [2.05, 4.69) is 5.10 Å². The zero-order valence-corrected chi connectivity index (χ0v) is 7.83. The topological polar surface area (TPSA) is 67.5 Å². The molecule has 0 unspecified atom stereocenters. The standard InChI is InChI=1S/C8H13BN2O3/c12-9(13)7-4-5-10-11(7)8-3-1-2-6-14-8/h4-5,8,12-13H,1-3,6H2/t8-/m0/s1. The Bertz CT molecular complexity index is 297. The largest absolute Gasteiger partial charge is 0.507 e. The van der Waals surface area contributed by atoms with Crippen LogP contribution in [0.4, 0.5) is 0 Å². The first kappa shape index (κ1) is 9.70. The minimum atomic E-state index is -1.48. The van der Waals surface area contributed by atoms with Gasteiger partial charge < -0.3 is 14.8 Å². The van der Waals surface area contributed by atoms with Crippen LogP contribution in [0.3, 0.4) is 0 Å². The predicted molar refractivity (Wildman–Crippen MR) is 50.9 cm³/mol. The van der Waals surface area contributed by atoms with Crippen LogP contribution in [0.15, 0.2) is 12.3 Å². The molecule has 1 atom stereocenters. The van der Waals surface area contributed by atoms with Gasteiger partial charge in [0, 0.05) is 12.8 Å². The molecule has 2 N–H and O–H groups in total. The molecule has 5 nitrogen and oxygen atoms in total. The molecule has 6 heteroatoms.